The number of nitrogens with two attached hydrogens (primary N) is 1. The summed E-state index contributed by atoms with van der Waals surface area (Å²) in [6.45, 7) is 2.46. The fourth-order valence-electron chi connectivity index (χ4n) is 3.08. The van der Waals surface area contributed by atoms with E-state index in [2.05, 4.69) is 59.3 Å². The molecule has 1 aromatic heterocycles. The molecule has 0 saturated heterocycles. The first-order chi connectivity index (χ1) is 14.2. The van der Waals surface area contributed by atoms with Gasteiger partial charge in [-0.15, -0.1) is 23.1 Å². The number of carbonyl (C=O) groups excluding carboxylic acids is 1. The number of nitrogens with zero attached hydrogens (tertiary/aromatic N) is 1. The molecule has 6 heteroatoms. The van der Waals surface area contributed by atoms with E-state index < -0.39 is 0 Å². The van der Waals surface area contributed by atoms with Crippen LogP contribution < -0.4 is 10.6 Å². The van der Waals surface area contributed by atoms with Gasteiger partial charge in [0, 0.05) is 10.5 Å². The molecule has 0 radical (unpaired) electrons. The van der Waals surface area contributed by atoms with Gasteiger partial charge in [-0.3, -0.25) is 4.79 Å². The van der Waals surface area contributed by atoms with E-state index in [4.69, 9.17) is 5.26 Å². The summed E-state index contributed by atoms with van der Waals surface area (Å²) in [5.41, 5.74) is 3.26. The highest BCUT2D eigenvalue weighted by Crippen LogP contribution is 2.26. The first-order valence-corrected chi connectivity index (χ1v) is 11.4. The van der Waals surface area contributed by atoms with Crippen molar-refractivity contribution >= 4 is 34.7 Å². The van der Waals surface area contributed by atoms with E-state index in [-0.39, 0.29) is 11.9 Å². The van der Waals surface area contributed by atoms with Crippen LogP contribution in [0.2, 0.25) is 0 Å². The number of hydrogen-bond acceptors (Lipinski definition) is 4. The maximum absolute atomic E-state index is 12.6. The molecule has 1 amide bonds. The molecule has 3 N–H and O–H groups in total. The highest BCUT2D eigenvalue weighted by atomic mass is 32.2. The maximum Gasteiger partial charge on any atom is 0.279 e. The minimum atomic E-state index is -0.0539. The van der Waals surface area contributed by atoms with Crippen molar-refractivity contribution in [3.05, 3.63) is 82.0 Å². The first kappa shape index (κ1) is 21.1. The Bertz CT molecular complexity index is 963. The number of anilines is 1. The van der Waals surface area contributed by atoms with E-state index in [9.17, 15) is 4.79 Å². The van der Waals surface area contributed by atoms with E-state index in [1.165, 1.54) is 27.8 Å². The zero-order valence-corrected chi connectivity index (χ0v) is 17.9. The van der Waals surface area contributed by atoms with E-state index in [1.807, 2.05) is 30.3 Å². The lowest BCUT2D eigenvalue weighted by atomic mass is 10.0. The van der Waals surface area contributed by atoms with Crippen LogP contribution in [0.1, 0.15) is 29.0 Å². The van der Waals surface area contributed by atoms with Crippen LogP contribution in [0.5, 0.6) is 0 Å². The SMILES string of the molecule is CCc1ccc([C@@H]([NH2+]CC(=O)Nc2ccccc2SCC#N)c2cccs2)cc1. The average molecular weight is 423 g/mol. The van der Waals surface area contributed by atoms with Crippen LogP contribution in [0.4, 0.5) is 5.69 Å². The third-order valence-electron chi connectivity index (χ3n) is 4.59. The molecule has 4 nitrogen and oxygen atoms in total. The Kier molecular flexibility index (Phi) is 7.88. The normalized spacial score (nSPS) is 11.6. The molecule has 3 rings (SSSR count). The number of thioether (sulfide) groups is 1. The Labute approximate surface area is 180 Å². The van der Waals surface area contributed by atoms with Gasteiger partial charge in [0.05, 0.1) is 22.4 Å². The van der Waals surface area contributed by atoms with Crippen LogP contribution in [0.25, 0.3) is 0 Å². The monoisotopic (exact) mass is 422 g/mol. The number of para-hydroxylation sites is 1. The zero-order chi connectivity index (χ0) is 20.5. The number of benzene rings is 2. The number of thiophene rings is 1. The highest BCUT2D eigenvalue weighted by Gasteiger charge is 2.20. The number of quaternary nitrogens is 1. The van der Waals surface area contributed by atoms with Crippen LogP contribution in [-0.2, 0) is 11.2 Å². The van der Waals surface area contributed by atoms with Crippen molar-refractivity contribution in [3.8, 4) is 6.07 Å². The molecule has 1 heterocycles. The van der Waals surface area contributed by atoms with Crippen molar-refractivity contribution < 1.29 is 10.1 Å². The number of nitriles is 1. The maximum atomic E-state index is 12.6. The second-order valence-corrected chi connectivity index (χ2v) is 8.52. The molecule has 1 atom stereocenters. The van der Waals surface area contributed by atoms with E-state index >= 15 is 0 Å². The number of amides is 1. The lowest BCUT2D eigenvalue weighted by Crippen LogP contribution is -2.87. The zero-order valence-electron chi connectivity index (χ0n) is 16.3. The van der Waals surface area contributed by atoms with Crippen LogP contribution >= 0.6 is 23.1 Å². The number of carbonyl (C=O) groups is 1. The van der Waals surface area contributed by atoms with Crippen molar-refractivity contribution in [2.24, 2.45) is 0 Å². The molecular weight excluding hydrogens is 398 g/mol. The fourth-order valence-corrected chi connectivity index (χ4v) is 4.60. The first-order valence-electron chi connectivity index (χ1n) is 9.55. The summed E-state index contributed by atoms with van der Waals surface area (Å²) >= 11 is 3.13. The Morgan fingerprint density at radius 2 is 1.97 bits per heavy atom. The molecule has 29 heavy (non-hydrogen) atoms. The van der Waals surface area contributed by atoms with E-state index in [0.717, 1.165) is 17.0 Å². The Hall–Kier alpha value is -2.59. The van der Waals surface area contributed by atoms with Crippen LogP contribution in [0, 0.1) is 11.3 Å². The molecule has 0 aliphatic carbocycles. The molecule has 2 aromatic carbocycles. The van der Waals surface area contributed by atoms with Gasteiger partial charge in [-0.1, -0.05) is 49.4 Å². The number of rotatable bonds is 9. The van der Waals surface area contributed by atoms with Crippen molar-refractivity contribution in [1.29, 1.82) is 5.26 Å². The standard InChI is InChI=1S/C23H23N3OS2/c1-2-17-9-11-18(12-10-17)23(21-8-5-14-28-21)25-16-22(27)26-19-6-3-4-7-20(19)29-15-13-24/h3-12,14,23,25H,2,15-16H2,1H3,(H,26,27)/p+1/t23-/m1/s1. The minimum absolute atomic E-state index is 0.0539. The molecule has 0 fully saturated rings. The van der Waals surface area contributed by atoms with Gasteiger partial charge >= 0.3 is 0 Å². The third-order valence-corrected chi connectivity index (χ3v) is 6.48. The van der Waals surface area contributed by atoms with Gasteiger partial charge in [0.15, 0.2) is 6.54 Å². The highest BCUT2D eigenvalue weighted by molar-refractivity contribution is 7.99. The second-order valence-electron chi connectivity index (χ2n) is 6.52. The van der Waals surface area contributed by atoms with Crippen molar-refractivity contribution in [2.75, 3.05) is 17.6 Å². The molecule has 0 spiro atoms. The summed E-state index contributed by atoms with van der Waals surface area (Å²) in [7, 11) is 0. The predicted octanol–water partition coefficient (Wildman–Crippen LogP) is 4.22. The van der Waals surface area contributed by atoms with Crippen molar-refractivity contribution in [1.82, 2.24) is 0 Å². The van der Waals surface area contributed by atoms with E-state index in [0.29, 0.717) is 12.3 Å². The molecule has 0 unspecified atom stereocenters. The van der Waals surface area contributed by atoms with Gasteiger partial charge in [0.25, 0.3) is 5.91 Å². The molecule has 0 aliphatic heterocycles. The van der Waals surface area contributed by atoms with Crippen LogP contribution in [0.15, 0.2) is 70.9 Å². The molecule has 0 aliphatic rings. The summed E-state index contributed by atoms with van der Waals surface area (Å²) in [4.78, 5) is 14.8. The summed E-state index contributed by atoms with van der Waals surface area (Å²) in [5.74, 6) is 0.300. The smallest absolute Gasteiger partial charge is 0.279 e. The van der Waals surface area contributed by atoms with Gasteiger partial charge in [0.2, 0.25) is 0 Å². The minimum Gasteiger partial charge on any atom is -0.328 e. The largest absolute Gasteiger partial charge is 0.328 e. The topological polar surface area (TPSA) is 69.5 Å². The summed E-state index contributed by atoms with van der Waals surface area (Å²) in [6, 6.07) is 22.6. The molecule has 0 bridgehead atoms. The Morgan fingerprint density at radius 1 is 1.17 bits per heavy atom. The van der Waals surface area contributed by atoms with E-state index in [1.54, 1.807) is 11.3 Å². The molecule has 3 aromatic rings. The molecule has 148 valence electrons. The van der Waals surface area contributed by atoms with Gasteiger partial charge in [-0.25, -0.2) is 0 Å². The number of aryl methyl sites for hydroxylation is 1. The Morgan fingerprint density at radius 3 is 2.66 bits per heavy atom. The molecular formula is C23H24N3OS2+. The van der Waals surface area contributed by atoms with Crippen LogP contribution in [0.3, 0.4) is 0 Å². The number of hydrogen-bond donors (Lipinski definition) is 2. The van der Waals surface area contributed by atoms with Crippen molar-refractivity contribution in [3.63, 3.8) is 0 Å². The number of nitrogens with one attached hydrogen (secondary N) is 1. The summed E-state index contributed by atoms with van der Waals surface area (Å²) < 4.78 is 0. The van der Waals surface area contributed by atoms with Gasteiger partial charge < -0.3 is 10.6 Å². The third kappa shape index (κ3) is 5.94. The average Bonchev–Trinajstić information content (AvgIpc) is 3.28. The fraction of sp³-hybridized carbons (Fsp3) is 0.217. The summed E-state index contributed by atoms with van der Waals surface area (Å²) in [5, 5.41) is 16.0. The van der Waals surface area contributed by atoms with Crippen LogP contribution in [-0.4, -0.2) is 18.2 Å². The lowest BCUT2D eigenvalue weighted by molar-refractivity contribution is -0.675. The quantitative estimate of drug-likeness (QED) is 0.507. The lowest BCUT2D eigenvalue weighted by Gasteiger charge is -2.16. The Balaban J connectivity index is 1.68. The van der Waals surface area contributed by atoms with Gasteiger partial charge in [-0.2, -0.15) is 5.26 Å². The predicted molar refractivity (Wildman–Crippen MR) is 120 cm³/mol. The van der Waals surface area contributed by atoms with Crippen molar-refractivity contribution in [2.45, 2.75) is 24.3 Å². The van der Waals surface area contributed by atoms with Gasteiger partial charge in [-0.05, 0) is 35.6 Å². The summed E-state index contributed by atoms with van der Waals surface area (Å²) in [6.07, 6.45) is 1.01. The van der Waals surface area contributed by atoms with Gasteiger partial charge in [0.1, 0.15) is 6.04 Å². The second kappa shape index (κ2) is 10.8. The molecule has 0 saturated carbocycles.